The second-order valence-corrected chi connectivity index (χ2v) is 11.9. The minimum absolute atomic E-state index is 0.114. The minimum Gasteiger partial charge on any atom is -0.462 e. The van der Waals surface area contributed by atoms with Crippen LogP contribution in [0, 0.1) is 11.3 Å². The van der Waals surface area contributed by atoms with E-state index in [1.807, 2.05) is 0 Å². The first-order valence-electron chi connectivity index (χ1n) is 12.4. The van der Waals surface area contributed by atoms with Gasteiger partial charge in [0, 0.05) is 11.6 Å². The molecule has 16 heteroatoms. The molecule has 41 heavy (non-hydrogen) atoms. The molecule has 0 spiro atoms. The molecule has 1 fully saturated rings. The number of H-pyrrole nitrogens is 1. The SMILES string of the molecule is CC(C)OC(=O)[C@H](C)NP(=O)(OCC1O[C@@H](n2ccc3c(=O)[nH]c(N)nc32)[C@@](Cl)(C#CCl)C1O)Oc1ccccc1. The summed E-state index contributed by atoms with van der Waals surface area (Å²) < 4.78 is 37.7. The van der Waals surface area contributed by atoms with E-state index in [0.717, 1.165) is 0 Å². The molecule has 3 heterocycles. The summed E-state index contributed by atoms with van der Waals surface area (Å²) >= 11 is 12.5. The van der Waals surface area contributed by atoms with Crippen LogP contribution in [-0.2, 0) is 23.4 Å². The summed E-state index contributed by atoms with van der Waals surface area (Å²) in [7, 11) is -4.29. The Kier molecular flexibility index (Phi) is 9.35. The summed E-state index contributed by atoms with van der Waals surface area (Å²) in [6.07, 6.45) is -2.98. The Hall–Kier alpha value is -3.08. The maximum Gasteiger partial charge on any atom is 0.459 e. The molecule has 2 aromatic heterocycles. The highest BCUT2D eigenvalue weighted by Crippen LogP contribution is 2.48. The number of aromatic amines is 1. The number of rotatable bonds is 10. The number of benzene rings is 1. The lowest BCUT2D eigenvalue weighted by atomic mass is 9.99. The van der Waals surface area contributed by atoms with Gasteiger partial charge >= 0.3 is 13.7 Å². The summed E-state index contributed by atoms with van der Waals surface area (Å²) in [4.78, 5) is 29.4. The molecule has 0 saturated carbocycles. The number of anilines is 1. The van der Waals surface area contributed by atoms with Crippen molar-refractivity contribution in [2.24, 2.45) is 0 Å². The fourth-order valence-corrected chi connectivity index (χ4v) is 6.17. The molecular formula is C25H28Cl2N5O8P. The van der Waals surface area contributed by atoms with Crippen LogP contribution in [0.2, 0.25) is 0 Å². The number of aliphatic hydroxyl groups is 1. The van der Waals surface area contributed by atoms with Crippen molar-refractivity contribution in [3.8, 4) is 17.0 Å². The van der Waals surface area contributed by atoms with Gasteiger partial charge in [-0.15, -0.1) is 0 Å². The van der Waals surface area contributed by atoms with Gasteiger partial charge in [-0.1, -0.05) is 35.7 Å². The van der Waals surface area contributed by atoms with Crippen LogP contribution in [-0.4, -0.2) is 61.4 Å². The van der Waals surface area contributed by atoms with Gasteiger partial charge in [0.15, 0.2) is 16.7 Å². The molecule has 1 aromatic carbocycles. The van der Waals surface area contributed by atoms with Crippen molar-refractivity contribution in [1.82, 2.24) is 19.6 Å². The monoisotopic (exact) mass is 627 g/mol. The number of esters is 1. The number of para-hydroxylation sites is 1. The van der Waals surface area contributed by atoms with Crippen LogP contribution >= 0.6 is 30.9 Å². The molecule has 1 aliphatic heterocycles. The van der Waals surface area contributed by atoms with Crippen LogP contribution in [0.1, 0.15) is 27.0 Å². The first-order chi connectivity index (χ1) is 19.4. The number of hydrogen-bond acceptors (Lipinski definition) is 10. The van der Waals surface area contributed by atoms with E-state index in [0.29, 0.717) is 0 Å². The Morgan fingerprint density at radius 1 is 1.34 bits per heavy atom. The fraction of sp³-hybridized carbons (Fsp3) is 0.400. The fourth-order valence-electron chi connectivity index (χ4n) is 4.12. The third-order valence-electron chi connectivity index (χ3n) is 5.97. The number of nitrogens with one attached hydrogen (secondary N) is 2. The van der Waals surface area contributed by atoms with E-state index < -0.39 is 61.3 Å². The number of carbonyl (C=O) groups excluding carboxylic acids is 1. The molecule has 1 aliphatic rings. The average molecular weight is 628 g/mol. The topological polar surface area (TPSA) is 180 Å². The first kappa shape index (κ1) is 30.9. The summed E-state index contributed by atoms with van der Waals surface area (Å²) in [5.74, 6) is 1.89. The molecule has 5 N–H and O–H groups in total. The van der Waals surface area contributed by atoms with Crippen molar-refractivity contribution in [2.45, 2.75) is 56.2 Å². The quantitative estimate of drug-likeness (QED) is 0.112. The van der Waals surface area contributed by atoms with Gasteiger partial charge in [-0.2, -0.15) is 10.1 Å². The zero-order chi connectivity index (χ0) is 29.9. The molecule has 6 atom stereocenters. The Bertz CT molecular complexity index is 1570. The van der Waals surface area contributed by atoms with Gasteiger partial charge in [0.25, 0.3) is 5.56 Å². The van der Waals surface area contributed by atoms with E-state index in [4.69, 9.17) is 47.5 Å². The zero-order valence-electron chi connectivity index (χ0n) is 22.1. The van der Waals surface area contributed by atoms with Gasteiger partial charge in [0.1, 0.15) is 24.0 Å². The highest BCUT2D eigenvalue weighted by Gasteiger charge is 2.56. The van der Waals surface area contributed by atoms with E-state index in [1.165, 1.54) is 23.8 Å². The number of alkyl halides is 1. The van der Waals surface area contributed by atoms with Gasteiger partial charge in [0.05, 0.1) is 18.1 Å². The molecule has 0 radical (unpaired) electrons. The van der Waals surface area contributed by atoms with Gasteiger partial charge in [-0.25, -0.2) is 4.57 Å². The van der Waals surface area contributed by atoms with Crippen LogP contribution in [0.15, 0.2) is 47.4 Å². The maximum atomic E-state index is 13.8. The number of hydrogen-bond donors (Lipinski definition) is 4. The van der Waals surface area contributed by atoms with Crippen molar-refractivity contribution in [3.63, 3.8) is 0 Å². The van der Waals surface area contributed by atoms with E-state index in [9.17, 15) is 19.3 Å². The van der Waals surface area contributed by atoms with Gasteiger partial charge in [-0.3, -0.25) is 19.1 Å². The molecule has 0 bridgehead atoms. The van der Waals surface area contributed by atoms with Crippen LogP contribution in [0.5, 0.6) is 5.75 Å². The minimum atomic E-state index is -4.29. The maximum absolute atomic E-state index is 13.8. The molecule has 1 saturated heterocycles. The molecule has 3 unspecified atom stereocenters. The summed E-state index contributed by atoms with van der Waals surface area (Å²) in [6.45, 7) is 4.25. The highest BCUT2D eigenvalue weighted by molar-refractivity contribution is 7.52. The van der Waals surface area contributed by atoms with E-state index in [-0.39, 0.29) is 22.7 Å². The predicted molar refractivity (Wildman–Crippen MR) is 151 cm³/mol. The number of aromatic nitrogens is 3. The number of nitrogen functional groups attached to an aromatic ring is 1. The zero-order valence-corrected chi connectivity index (χ0v) is 24.5. The van der Waals surface area contributed by atoms with Gasteiger partial charge < -0.3 is 29.4 Å². The smallest absolute Gasteiger partial charge is 0.459 e. The summed E-state index contributed by atoms with van der Waals surface area (Å²) in [6, 6.07) is 8.51. The molecule has 13 nitrogen and oxygen atoms in total. The van der Waals surface area contributed by atoms with Crippen LogP contribution in [0.3, 0.4) is 0 Å². The highest BCUT2D eigenvalue weighted by atomic mass is 35.5. The lowest BCUT2D eigenvalue weighted by molar-refractivity contribution is -0.149. The number of nitrogens with two attached hydrogens (primary N) is 1. The first-order valence-corrected chi connectivity index (χ1v) is 14.7. The lowest BCUT2D eigenvalue weighted by Gasteiger charge is -2.26. The predicted octanol–water partition coefficient (Wildman–Crippen LogP) is 2.88. The summed E-state index contributed by atoms with van der Waals surface area (Å²) in [5.41, 5.74) is 5.34. The van der Waals surface area contributed by atoms with E-state index >= 15 is 0 Å². The third-order valence-corrected chi connectivity index (χ3v) is 8.21. The summed E-state index contributed by atoms with van der Waals surface area (Å²) in [5, 5.41) is 16.1. The number of aliphatic hydroxyl groups excluding tert-OH is 1. The Balaban J connectivity index is 1.62. The number of halogens is 2. The molecule has 220 valence electrons. The Labute approximate surface area is 244 Å². The van der Waals surface area contributed by atoms with Crippen LogP contribution in [0.25, 0.3) is 11.0 Å². The van der Waals surface area contributed by atoms with Crippen molar-refractivity contribution in [3.05, 3.63) is 52.9 Å². The number of fused-ring (bicyclic) bond motifs is 1. The Morgan fingerprint density at radius 2 is 2.05 bits per heavy atom. The van der Waals surface area contributed by atoms with E-state index in [2.05, 4.69) is 26.4 Å². The Morgan fingerprint density at radius 3 is 2.71 bits per heavy atom. The standard InChI is InChI=1S/C25H28Cl2N5O8P/c1-14(2)38-22(35)15(3)31-41(36,40-16-7-5-4-6-8-16)37-13-18-19(33)25(27,10-11-26)23(39-18)32-12-9-17-20(32)29-24(28)30-21(17)34/h4-9,12,14-15,18-19,23,33H,13H2,1-3H3,(H,31,36)(H3,28,29,30,34)/t15-,18?,19?,23+,25+,41?/m0/s1. The van der Waals surface area contributed by atoms with Crippen molar-refractivity contribution < 1.29 is 33.0 Å². The van der Waals surface area contributed by atoms with Crippen molar-refractivity contribution >= 4 is 53.9 Å². The van der Waals surface area contributed by atoms with Gasteiger partial charge in [-0.05, 0) is 50.6 Å². The van der Waals surface area contributed by atoms with Crippen molar-refractivity contribution in [1.29, 1.82) is 0 Å². The molecule has 3 aromatic rings. The largest absolute Gasteiger partial charge is 0.462 e. The second kappa shape index (κ2) is 12.4. The van der Waals surface area contributed by atoms with Crippen LogP contribution in [0.4, 0.5) is 5.95 Å². The van der Waals surface area contributed by atoms with E-state index in [1.54, 1.807) is 44.2 Å². The van der Waals surface area contributed by atoms with Gasteiger partial charge in [0.2, 0.25) is 5.95 Å². The lowest BCUT2D eigenvalue weighted by Crippen LogP contribution is -2.42. The third kappa shape index (κ3) is 6.71. The normalized spacial score (nSPS) is 24.4. The molecule has 0 amide bonds. The van der Waals surface area contributed by atoms with Crippen molar-refractivity contribution in [2.75, 3.05) is 12.3 Å². The van der Waals surface area contributed by atoms with Crippen LogP contribution < -0.4 is 20.9 Å². The average Bonchev–Trinajstić information content (AvgIpc) is 3.42. The molecular weight excluding hydrogens is 600 g/mol. The molecule has 0 aliphatic carbocycles. The molecule has 4 rings (SSSR count). The number of nitrogens with zero attached hydrogens (tertiary/aromatic N) is 2. The number of carbonyl (C=O) groups is 1. The second-order valence-electron chi connectivity index (χ2n) is 9.40. The number of ether oxygens (including phenoxy) is 2.